The molecule has 3 nitrogen and oxygen atoms in total. The van der Waals surface area contributed by atoms with Crippen LogP contribution < -0.4 is 5.32 Å². The Morgan fingerprint density at radius 1 is 1.11 bits per heavy atom. The summed E-state index contributed by atoms with van der Waals surface area (Å²) in [4.78, 5) is 2.41. The molecule has 0 spiro atoms. The third-order valence-electron chi connectivity index (χ3n) is 3.53. The molecule has 2 aromatic rings. The molecule has 1 aromatic heterocycles. The van der Waals surface area contributed by atoms with E-state index in [9.17, 15) is 0 Å². The Bertz CT molecular complexity index is 521. The van der Waals surface area contributed by atoms with Crippen molar-refractivity contribution in [2.24, 2.45) is 0 Å². The van der Waals surface area contributed by atoms with Gasteiger partial charge in [0.25, 0.3) is 0 Å². The molecule has 0 bridgehead atoms. The molecule has 1 fully saturated rings. The molecule has 1 aromatic carbocycles. The molecule has 0 amide bonds. The Hall–Kier alpha value is -1.29. The van der Waals surface area contributed by atoms with Gasteiger partial charge in [0.2, 0.25) is 0 Å². The number of nitrogens with one attached hydrogen (secondary N) is 1. The molecule has 19 heavy (non-hydrogen) atoms. The molecule has 2 heterocycles. The Labute approximate surface area is 118 Å². The van der Waals surface area contributed by atoms with Crippen molar-refractivity contribution < 1.29 is 4.42 Å². The summed E-state index contributed by atoms with van der Waals surface area (Å²) < 4.78 is 5.64. The molecule has 0 radical (unpaired) electrons. The van der Waals surface area contributed by atoms with E-state index in [1.807, 2.05) is 30.3 Å². The molecule has 1 unspecified atom stereocenters. The van der Waals surface area contributed by atoms with E-state index in [-0.39, 0.29) is 6.04 Å². The summed E-state index contributed by atoms with van der Waals surface area (Å²) in [6.45, 7) is 4.00. The lowest BCUT2D eigenvalue weighted by atomic mass is 10.0. The van der Waals surface area contributed by atoms with Crippen LogP contribution in [0.2, 0.25) is 5.02 Å². The normalized spacial score (nSPS) is 18.4. The molecule has 1 N–H and O–H groups in total. The average molecular weight is 277 g/mol. The molecule has 3 rings (SSSR count). The zero-order valence-electron chi connectivity index (χ0n) is 10.7. The summed E-state index contributed by atoms with van der Waals surface area (Å²) in [7, 11) is 0. The summed E-state index contributed by atoms with van der Waals surface area (Å²) in [5.41, 5.74) is 1.11. The summed E-state index contributed by atoms with van der Waals surface area (Å²) in [5.74, 6) is 0.954. The van der Waals surface area contributed by atoms with Crippen molar-refractivity contribution in [2.45, 2.75) is 6.04 Å². The standard InChI is InChI=1S/C15H17ClN2O/c16-13-5-2-1-4-12(13)15(14-6-3-11-19-14)18-9-7-17-8-10-18/h1-6,11,15,17H,7-10H2. The smallest absolute Gasteiger partial charge is 0.125 e. The third-order valence-corrected chi connectivity index (χ3v) is 3.87. The zero-order valence-corrected chi connectivity index (χ0v) is 11.4. The molecular formula is C15H17ClN2O. The van der Waals surface area contributed by atoms with E-state index in [1.165, 1.54) is 0 Å². The van der Waals surface area contributed by atoms with Gasteiger partial charge in [-0.25, -0.2) is 0 Å². The van der Waals surface area contributed by atoms with Crippen LogP contribution in [0.5, 0.6) is 0 Å². The number of hydrogen-bond donors (Lipinski definition) is 1. The second kappa shape index (κ2) is 5.78. The zero-order chi connectivity index (χ0) is 13.1. The van der Waals surface area contributed by atoms with E-state index < -0.39 is 0 Å². The van der Waals surface area contributed by atoms with Gasteiger partial charge in [0.15, 0.2) is 0 Å². The minimum Gasteiger partial charge on any atom is -0.467 e. The van der Waals surface area contributed by atoms with Gasteiger partial charge in [-0.15, -0.1) is 0 Å². The first-order valence-corrected chi connectivity index (χ1v) is 6.96. The monoisotopic (exact) mass is 276 g/mol. The van der Waals surface area contributed by atoms with Gasteiger partial charge in [0.1, 0.15) is 5.76 Å². The lowest BCUT2D eigenvalue weighted by molar-refractivity contribution is 0.180. The van der Waals surface area contributed by atoms with Gasteiger partial charge in [-0.1, -0.05) is 29.8 Å². The quantitative estimate of drug-likeness (QED) is 0.934. The molecule has 0 saturated carbocycles. The second-order valence-electron chi connectivity index (χ2n) is 4.73. The molecule has 0 aliphatic carbocycles. The molecule has 1 aliphatic heterocycles. The maximum Gasteiger partial charge on any atom is 0.125 e. The average Bonchev–Trinajstić information content (AvgIpc) is 2.96. The van der Waals surface area contributed by atoms with Crippen LogP contribution in [0.1, 0.15) is 17.4 Å². The van der Waals surface area contributed by atoms with Crippen LogP contribution in [0.25, 0.3) is 0 Å². The van der Waals surface area contributed by atoms with Crippen LogP contribution >= 0.6 is 11.6 Å². The van der Waals surface area contributed by atoms with Crippen molar-refractivity contribution in [3.63, 3.8) is 0 Å². The van der Waals surface area contributed by atoms with Gasteiger partial charge in [-0.05, 0) is 23.8 Å². The number of rotatable bonds is 3. The lowest BCUT2D eigenvalue weighted by Gasteiger charge is -2.34. The first-order chi connectivity index (χ1) is 9.36. The van der Waals surface area contributed by atoms with Crippen molar-refractivity contribution >= 4 is 11.6 Å². The minimum absolute atomic E-state index is 0.103. The van der Waals surface area contributed by atoms with E-state index in [0.29, 0.717) is 0 Å². The molecule has 1 aliphatic rings. The van der Waals surface area contributed by atoms with Gasteiger partial charge in [-0.3, -0.25) is 4.90 Å². The number of nitrogens with zero attached hydrogens (tertiary/aromatic N) is 1. The van der Waals surface area contributed by atoms with Crippen molar-refractivity contribution in [1.29, 1.82) is 0 Å². The third kappa shape index (κ3) is 2.68. The first-order valence-electron chi connectivity index (χ1n) is 6.59. The van der Waals surface area contributed by atoms with Gasteiger partial charge in [-0.2, -0.15) is 0 Å². The van der Waals surface area contributed by atoms with Crippen LogP contribution in [0, 0.1) is 0 Å². The van der Waals surface area contributed by atoms with Crippen molar-refractivity contribution in [1.82, 2.24) is 10.2 Å². The Balaban J connectivity index is 1.99. The van der Waals surface area contributed by atoms with Gasteiger partial charge < -0.3 is 9.73 Å². The SMILES string of the molecule is Clc1ccccc1C(c1ccco1)N1CCNCC1. The number of piperazine rings is 1. The van der Waals surface area contributed by atoms with Crippen LogP contribution in [0.3, 0.4) is 0 Å². The highest BCUT2D eigenvalue weighted by Crippen LogP contribution is 2.33. The number of benzene rings is 1. The maximum atomic E-state index is 6.37. The van der Waals surface area contributed by atoms with Crippen LogP contribution in [-0.4, -0.2) is 31.1 Å². The summed E-state index contributed by atoms with van der Waals surface area (Å²) in [6.07, 6.45) is 1.72. The van der Waals surface area contributed by atoms with E-state index in [1.54, 1.807) is 6.26 Å². The minimum atomic E-state index is 0.103. The summed E-state index contributed by atoms with van der Waals surface area (Å²) in [6, 6.07) is 12.1. The lowest BCUT2D eigenvalue weighted by Crippen LogP contribution is -2.45. The van der Waals surface area contributed by atoms with E-state index in [2.05, 4.69) is 16.3 Å². The fourth-order valence-corrected chi connectivity index (χ4v) is 2.85. The van der Waals surface area contributed by atoms with E-state index >= 15 is 0 Å². The highest BCUT2D eigenvalue weighted by Gasteiger charge is 2.27. The molecule has 100 valence electrons. The van der Waals surface area contributed by atoms with E-state index in [4.69, 9.17) is 16.0 Å². The van der Waals surface area contributed by atoms with Crippen LogP contribution in [-0.2, 0) is 0 Å². The molecule has 4 heteroatoms. The Morgan fingerprint density at radius 2 is 1.89 bits per heavy atom. The van der Waals surface area contributed by atoms with Crippen molar-refractivity contribution in [2.75, 3.05) is 26.2 Å². The molecular weight excluding hydrogens is 260 g/mol. The van der Waals surface area contributed by atoms with Gasteiger partial charge in [0.05, 0.1) is 12.3 Å². The van der Waals surface area contributed by atoms with E-state index in [0.717, 1.165) is 42.5 Å². The maximum absolute atomic E-state index is 6.37. The highest BCUT2D eigenvalue weighted by atomic mass is 35.5. The van der Waals surface area contributed by atoms with Crippen LogP contribution in [0.4, 0.5) is 0 Å². The van der Waals surface area contributed by atoms with Gasteiger partial charge >= 0.3 is 0 Å². The fourth-order valence-electron chi connectivity index (χ4n) is 2.61. The fraction of sp³-hybridized carbons (Fsp3) is 0.333. The van der Waals surface area contributed by atoms with Crippen molar-refractivity contribution in [3.05, 3.63) is 59.0 Å². The predicted molar refractivity (Wildman–Crippen MR) is 76.4 cm³/mol. The predicted octanol–water partition coefficient (Wildman–Crippen LogP) is 2.93. The number of halogens is 1. The van der Waals surface area contributed by atoms with Gasteiger partial charge in [0, 0.05) is 31.2 Å². The van der Waals surface area contributed by atoms with Crippen molar-refractivity contribution in [3.8, 4) is 0 Å². The Morgan fingerprint density at radius 3 is 2.58 bits per heavy atom. The molecule has 1 atom stereocenters. The first kappa shape index (κ1) is 12.7. The topological polar surface area (TPSA) is 28.4 Å². The van der Waals surface area contributed by atoms with Crippen LogP contribution in [0.15, 0.2) is 47.1 Å². The highest BCUT2D eigenvalue weighted by molar-refractivity contribution is 6.31. The largest absolute Gasteiger partial charge is 0.467 e. The number of furan rings is 1. The summed E-state index contributed by atoms with van der Waals surface area (Å²) >= 11 is 6.37. The summed E-state index contributed by atoms with van der Waals surface area (Å²) in [5, 5.41) is 4.17. The Kier molecular flexibility index (Phi) is 3.87. The molecule has 1 saturated heterocycles. The number of hydrogen-bond acceptors (Lipinski definition) is 3. The second-order valence-corrected chi connectivity index (χ2v) is 5.13.